The molecule has 66 valence electrons. The van der Waals surface area contributed by atoms with Crippen LogP contribution in [0.3, 0.4) is 0 Å². The van der Waals surface area contributed by atoms with E-state index in [9.17, 15) is 4.79 Å². The number of alkyl halides is 1. The highest BCUT2D eigenvalue weighted by Gasteiger charge is 2.18. The Bertz CT molecular complexity index is 213. The zero-order chi connectivity index (χ0) is 8.97. The minimum absolute atomic E-state index is 0.350. The summed E-state index contributed by atoms with van der Waals surface area (Å²) in [5.41, 5.74) is -0.448. The zero-order valence-electron chi connectivity index (χ0n) is 6.61. The van der Waals surface area contributed by atoms with Crippen LogP contribution >= 0.6 is 11.6 Å². The van der Waals surface area contributed by atoms with Crippen molar-refractivity contribution < 1.29 is 9.53 Å². The topological polar surface area (TPSA) is 51.0 Å². The van der Waals surface area contributed by atoms with Crippen molar-refractivity contribution >= 4 is 17.6 Å². The number of carbonyl (C=O) groups is 1. The van der Waals surface area contributed by atoms with E-state index in [2.05, 4.69) is 10.2 Å². The van der Waals surface area contributed by atoms with E-state index in [0.717, 1.165) is 0 Å². The Balaban J connectivity index is 2.50. The summed E-state index contributed by atoms with van der Waals surface area (Å²) >= 11 is 5.56. The molecule has 0 saturated heterocycles. The van der Waals surface area contributed by atoms with E-state index in [-0.39, 0.29) is 5.97 Å². The van der Waals surface area contributed by atoms with E-state index < -0.39 is 11.5 Å². The van der Waals surface area contributed by atoms with E-state index in [1.54, 1.807) is 19.1 Å². The zero-order valence-corrected chi connectivity index (χ0v) is 7.36. The van der Waals surface area contributed by atoms with Crippen molar-refractivity contribution in [3.63, 3.8) is 0 Å². The van der Waals surface area contributed by atoms with Gasteiger partial charge in [-0.15, -0.1) is 0 Å². The average molecular weight is 189 g/mol. The number of carbonyl (C=O) groups excluding carboxylic acids is 1. The van der Waals surface area contributed by atoms with Crippen LogP contribution in [0.25, 0.3) is 0 Å². The number of ether oxygens (including phenoxy) is 1. The first-order chi connectivity index (χ1) is 5.74. The summed E-state index contributed by atoms with van der Waals surface area (Å²) in [6.07, 6.45) is 3.19. The number of hydrogen-bond acceptors (Lipinski definition) is 4. The molecule has 1 heterocycles. The number of esters is 1. The summed E-state index contributed by atoms with van der Waals surface area (Å²) in [6.45, 7) is 2.09. The summed E-state index contributed by atoms with van der Waals surface area (Å²) in [4.78, 5) is 11.0. The first-order valence-corrected chi connectivity index (χ1v) is 4.06. The Morgan fingerprint density at radius 3 is 2.83 bits per heavy atom. The predicted molar refractivity (Wildman–Crippen MR) is 44.1 cm³/mol. The summed E-state index contributed by atoms with van der Waals surface area (Å²) in [6, 6.07) is -0.611. The standard InChI is InChI=1S/C7H9ClN2O2/c1-2-12-7(11)5-3-4-6(8)10-9-5/h3-6H,2H2,1H3. The lowest BCUT2D eigenvalue weighted by Crippen LogP contribution is -2.21. The summed E-state index contributed by atoms with van der Waals surface area (Å²) in [5, 5.41) is 7.28. The van der Waals surface area contributed by atoms with Gasteiger partial charge >= 0.3 is 5.97 Å². The molecule has 0 spiro atoms. The van der Waals surface area contributed by atoms with Gasteiger partial charge in [0.1, 0.15) is 0 Å². The lowest BCUT2D eigenvalue weighted by molar-refractivity contribution is -0.143. The van der Waals surface area contributed by atoms with Gasteiger partial charge in [0.25, 0.3) is 0 Å². The second-order valence-electron chi connectivity index (χ2n) is 2.19. The largest absolute Gasteiger partial charge is 0.464 e. The molecule has 0 aromatic heterocycles. The molecule has 0 aromatic rings. The number of nitrogens with zero attached hydrogens (tertiary/aromatic N) is 2. The molecular weight excluding hydrogens is 180 g/mol. The molecule has 2 atom stereocenters. The van der Waals surface area contributed by atoms with Gasteiger partial charge in [-0.25, -0.2) is 4.79 Å². The van der Waals surface area contributed by atoms with E-state index in [1.165, 1.54) is 0 Å². The van der Waals surface area contributed by atoms with Crippen LogP contribution in [0, 0.1) is 0 Å². The Labute approximate surface area is 75.3 Å². The fourth-order valence-corrected chi connectivity index (χ4v) is 0.897. The fourth-order valence-electron chi connectivity index (χ4n) is 0.763. The van der Waals surface area contributed by atoms with E-state index >= 15 is 0 Å². The van der Waals surface area contributed by atoms with Crippen LogP contribution in [0.4, 0.5) is 0 Å². The average Bonchev–Trinajstić information content (AvgIpc) is 2.06. The number of rotatable bonds is 2. The maximum atomic E-state index is 11.0. The van der Waals surface area contributed by atoms with Crippen molar-refractivity contribution in [2.45, 2.75) is 18.5 Å². The van der Waals surface area contributed by atoms with Gasteiger partial charge in [-0.2, -0.15) is 10.2 Å². The Morgan fingerprint density at radius 1 is 1.58 bits per heavy atom. The third-order valence-electron chi connectivity index (χ3n) is 1.28. The molecular formula is C7H9ClN2O2. The van der Waals surface area contributed by atoms with Crippen molar-refractivity contribution in [2.24, 2.45) is 10.2 Å². The second kappa shape index (κ2) is 4.21. The lowest BCUT2D eigenvalue weighted by atomic mass is 10.2. The van der Waals surface area contributed by atoms with Gasteiger partial charge in [0.05, 0.1) is 6.61 Å². The van der Waals surface area contributed by atoms with Gasteiger partial charge in [-0.1, -0.05) is 11.6 Å². The maximum Gasteiger partial charge on any atom is 0.336 e. The van der Waals surface area contributed by atoms with Crippen LogP contribution in [-0.4, -0.2) is 24.1 Å². The third kappa shape index (κ3) is 2.30. The molecule has 1 aliphatic heterocycles. The van der Waals surface area contributed by atoms with Crippen molar-refractivity contribution in [1.82, 2.24) is 0 Å². The molecule has 1 aliphatic rings. The number of hydrogen-bond donors (Lipinski definition) is 0. The minimum atomic E-state index is -0.611. The maximum absolute atomic E-state index is 11.0. The van der Waals surface area contributed by atoms with Gasteiger partial charge in [0, 0.05) is 0 Å². The van der Waals surface area contributed by atoms with Gasteiger partial charge in [0.15, 0.2) is 11.5 Å². The van der Waals surface area contributed by atoms with Crippen LogP contribution < -0.4 is 0 Å². The molecule has 2 unspecified atom stereocenters. The molecule has 5 heteroatoms. The van der Waals surface area contributed by atoms with Crippen LogP contribution in [0.5, 0.6) is 0 Å². The smallest absolute Gasteiger partial charge is 0.336 e. The van der Waals surface area contributed by atoms with Crippen molar-refractivity contribution in [3.8, 4) is 0 Å². The molecule has 0 aromatic carbocycles. The van der Waals surface area contributed by atoms with Gasteiger partial charge in [-0.3, -0.25) is 0 Å². The number of halogens is 1. The fraction of sp³-hybridized carbons (Fsp3) is 0.571. The highest BCUT2D eigenvalue weighted by atomic mass is 35.5. The van der Waals surface area contributed by atoms with E-state index in [1.807, 2.05) is 0 Å². The normalized spacial score (nSPS) is 27.2. The summed E-state index contributed by atoms with van der Waals surface area (Å²) in [5.74, 6) is -0.388. The van der Waals surface area contributed by atoms with Crippen LogP contribution in [-0.2, 0) is 9.53 Å². The molecule has 0 saturated carbocycles. The first-order valence-electron chi connectivity index (χ1n) is 3.63. The van der Waals surface area contributed by atoms with Crippen LogP contribution in [0.1, 0.15) is 6.92 Å². The summed E-state index contributed by atoms with van der Waals surface area (Å²) in [7, 11) is 0. The van der Waals surface area contributed by atoms with E-state index in [0.29, 0.717) is 6.61 Å². The Hall–Kier alpha value is -0.900. The SMILES string of the molecule is CCOC(=O)C1C=CC(Cl)N=N1. The molecule has 4 nitrogen and oxygen atoms in total. The highest BCUT2D eigenvalue weighted by Crippen LogP contribution is 2.11. The number of azo groups is 1. The molecule has 1 rings (SSSR count). The van der Waals surface area contributed by atoms with Gasteiger partial charge in [-0.05, 0) is 19.1 Å². The molecule has 0 bridgehead atoms. The molecule has 0 amide bonds. The van der Waals surface area contributed by atoms with E-state index in [4.69, 9.17) is 16.3 Å². The molecule has 0 N–H and O–H groups in total. The van der Waals surface area contributed by atoms with Crippen molar-refractivity contribution in [2.75, 3.05) is 6.61 Å². The third-order valence-corrected chi connectivity index (χ3v) is 1.51. The predicted octanol–water partition coefficient (Wildman–Crippen LogP) is 1.50. The van der Waals surface area contributed by atoms with Crippen LogP contribution in [0.2, 0.25) is 0 Å². The first kappa shape index (κ1) is 9.19. The monoisotopic (exact) mass is 188 g/mol. The highest BCUT2D eigenvalue weighted by molar-refractivity contribution is 6.21. The van der Waals surface area contributed by atoms with Crippen LogP contribution in [0.15, 0.2) is 22.4 Å². The minimum Gasteiger partial charge on any atom is -0.464 e. The molecule has 0 aliphatic carbocycles. The molecule has 12 heavy (non-hydrogen) atoms. The molecule has 0 fully saturated rings. The van der Waals surface area contributed by atoms with Gasteiger partial charge < -0.3 is 4.74 Å². The molecule has 0 radical (unpaired) electrons. The van der Waals surface area contributed by atoms with Crippen molar-refractivity contribution in [3.05, 3.63) is 12.2 Å². The quantitative estimate of drug-likeness (QED) is 0.285. The Kier molecular flexibility index (Phi) is 3.22. The lowest BCUT2D eigenvalue weighted by Gasteiger charge is -2.09. The second-order valence-corrected chi connectivity index (χ2v) is 2.63. The van der Waals surface area contributed by atoms with Crippen molar-refractivity contribution in [1.29, 1.82) is 0 Å². The summed E-state index contributed by atoms with van der Waals surface area (Å²) < 4.78 is 4.73. The van der Waals surface area contributed by atoms with Gasteiger partial charge in [0.2, 0.25) is 0 Å². The Morgan fingerprint density at radius 2 is 2.33 bits per heavy atom.